The zero-order valence-corrected chi connectivity index (χ0v) is 34.5. The molecule has 0 saturated carbocycles. The van der Waals surface area contributed by atoms with Crippen molar-refractivity contribution in [1.29, 1.82) is 0 Å². The molecule has 0 radical (unpaired) electrons. The second-order valence-corrected chi connectivity index (χ2v) is 18.3. The van der Waals surface area contributed by atoms with E-state index in [9.17, 15) is 0 Å². The van der Waals surface area contributed by atoms with Crippen molar-refractivity contribution in [3.05, 3.63) is 181 Å². The van der Waals surface area contributed by atoms with Gasteiger partial charge in [0, 0.05) is 43.7 Å². The van der Waals surface area contributed by atoms with Crippen molar-refractivity contribution in [3.8, 4) is 33.6 Å². The summed E-state index contributed by atoms with van der Waals surface area (Å²) in [6.45, 7) is 13.7. The second kappa shape index (κ2) is 12.8. The van der Waals surface area contributed by atoms with Crippen LogP contribution in [0.4, 0.5) is 0 Å². The lowest BCUT2D eigenvalue weighted by Gasteiger charge is -2.19. The number of benzene rings is 8. The second-order valence-electron chi connectivity index (χ2n) is 18.3. The van der Waals surface area contributed by atoms with E-state index in [1.807, 2.05) is 0 Å². The molecular formula is C56H46N2O. The first-order chi connectivity index (χ1) is 28.5. The van der Waals surface area contributed by atoms with Gasteiger partial charge in [-0.2, -0.15) is 0 Å². The minimum Gasteiger partial charge on any atom is -0.456 e. The smallest absolute Gasteiger partial charge is 0.135 e. The van der Waals surface area contributed by atoms with Gasteiger partial charge in [0.2, 0.25) is 0 Å². The van der Waals surface area contributed by atoms with Crippen LogP contribution in [-0.2, 0) is 10.8 Å². The zero-order chi connectivity index (χ0) is 40.2. The van der Waals surface area contributed by atoms with E-state index in [1.54, 1.807) is 0 Å². The minimum atomic E-state index is 0.0156. The first-order valence-electron chi connectivity index (χ1n) is 20.7. The summed E-state index contributed by atoms with van der Waals surface area (Å²) in [6.07, 6.45) is 0. The highest BCUT2D eigenvalue weighted by Gasteiger charge is 2.21. The number of hydrogen-bond acceptors (Lipinski definition) is 1. The van der Waals surface area contributed by atoms with E-state index < -0.39 is 0 Å². The van der Waals surface area contributed by atoms with E-state index in [1.165, 1.54) is 88.1 Å². The van der Waals surface area contributed by atoms with Crippen molar-refractivity contribution in [2.45, 2.75) is 52.4 Å². The van der Waals surface area contributed by atoms with Crippen molar-refractivity contribution >= 4 is 65.6 Å². The van der Waals surface area contributed by atoms with E-state index in [0.717, 1.165) is 22.2 Å². The molecule has 11 aromatic rings. The molecule has 0 bridgehead atoms. The maximum atomic E-state index is 6.32. The van der Waals surface area contributed by atoms with Crippen molar-refractivity contribution < 1.29 is 4.42 Å². The highest BCUT2D eigenvalue weighted by molar-refractivity contribution is 6.13. The molecule has 0 aliphatic rings. The average Bonchev–Trinajstić information content (AvgIpc) is 3.89. The Morgan fingerprint density at radius 1 is 0.322 bits per heavy atom. The van der Waals surface area contributed by atoms with Crippen LogP contribution in [0.15, 0.2) is 174 Å². The zero-order valence-electron chi connectivity index (χ0n) is 34.5. The molecule has 0 aliphatic carbocycles. The standard InChI is InChI=1S/C56H46N2O/c1-55(2,3)39-22-26-52-46(33-39)45-31-37(36-19-24-50-44(30-36)43-17-10-11-18-49(43)57(50)41-14-8-7-9-15-41)20-25-51(45)58(52)42-16-12-13-35(29-42)38-21-27-53-47(32-38)48-34-40(56(4,5)6)23-28-54(48)59-53/h7-34H,1-6H3. The first kappa shape index (κ1) is 35.3. The molecule has 0 saturated heterocycles. The maximum Gasteiger partial charge on any atom is 0.135 e. The fourth-order valence-corrected chi connectivity index (χ4v) is 9.20. The van der Waals surface area contributed by atoms with Crippen LogP contribution in [0.25, 0.3) is 99.2 Å². The highest BCUT2D eigenvalue weighted by Crippen LogP contribution is 2.41. The summed E-state index contributed by atoms with van der Waals surface area (Å²) < 4.78 is 11.1. The molecule has 0 unspecified atom stereocenters. The van der Waals surface area contributed by atoms with Gasteiger partial charge in [-0.1, -0.05) is 120 Å². The molecular weight excluding hydrogens is 717 g/mol. The fourth-order valence-electron chi connectivity index (χ4n) is 9.20. The van der Waals surface area contributed by atoms with Crippen LogP contribution in [0.5, 0.6) is 0 Å². The number of hydrogen-bond donors (Lipinski definition) is 0. The van der Waals surface area contributed by atoms with Gasteiger partial charge in [-0.05, 0) is 135 Å². The van der Waals surface area contributed by atoms with Gasteiger partial charge in [-0.15, -0.1) is 0 Å². The maximum absolute atomic E-state index is 6.32. The number of fused-ring (bicyclic) bond motifs is 9. The molecule has 3 heteroatoms. The molecule has 59 heavy (non-hydrogen) atoms. The number of para-hydroxylation sites is 2. The summed E-state index contributed by atoms with van der Waals surface area (Å²) in [6, 6.07) is 62.7. The molecule has 0 spiro atoms. The topological polar surface area (TPSA) is 23.0 Å². The average molecular weight is 763 g/mol. The summed E-state index contributed by atoms with van der Waals surface area (Å²) in [5.41, 5.74) is 16.4. The lowest BCUT2D eigenvalue weighted by atomic mass is 9.86. The molecule has 3 heterocycles. The molecule has 0 N–H and O–H groups in total. The Balaban J connectivity index is 1.07. The molecule has 11 rings (SSSR count). The molecule has 8 aromatic carbocycles. The van der Waals surface area contributed by atoms with Gasteiger partial charge < -0.3 is 13.6 Å². The van der Waals surface area contributed by atoms with Crippen LogP contribution in [0, 0.1) is 0 Å². The normalized spacial score (nSPS) is 12.6. The third-order valence-corrected chi connectivity index (χ3v) is 12.4. The number of furan rings is 1. The summed E-state index contributed by atoms with van der Waals surface area (Å²) in [5.74, 6) is 0. The molecule has 0 amide bonds. The molecule has 0 aliphatic heterocycles. The van der Waals surface area contributed by atoms with Crippen LogP contribution in [0.3, 0.4) is 0 Å². The monoisotopic (exact) mass is 762 g/mol. The third kappa shape index (κ3) is 5.71. The Morgan fingerprint density at radius 2 is 0.763 bits per heavy atom. The third-order valence-electron chi connectivity index (χ3n) is 12.4. The van der Waals surface area contributed by atoms with Gasteiger partial charge in [-0.25, -0.2) is 0 Å². The van der Waals surface area contributed by atoms with Crippen LogP contribution in [0.2, 0.25) is 0 Å². The number of aromatic nitrogens is 2. The van der Waals surface area contributed by atoms with Crippen LogP contribution in [0.1, 0.15) is 52.7 Å². The molecule has 3 aromatic heterocycles. The molecule has 0 atom stereocenters. The molecule has 286 valence electrons. The first-order valence-corrected chi connectivity index (χ1v) is 20.7. The van der Waals surface area contributed by atoms with Crippen LogP contribution < -0.4 is 0 Å². The van der Waals surface area contributed by atoms with E-state index in [2.05, 4.69) is 221 Å². The Kier molecular flexibility index (Phi) is 7.68. The van der Waals surface area contributed by atoms with Gasteiger partial charge in [0.05, 0.1) is 22.1 Å². The van der Waals surface area contributed by atoms with Gasteiger partial charge in [-0.3, -0.25) is 0 Å². The van der Waals surface area contributed by atoms with Gasteiger partial charge in [0.1, 0.15) is 11.2 Å². The van der Waals surface area contributed by atoms with E-state index >= 15 is 0 Å². The summed E-state index contributed by atoms with van der Waals surface area (Å²) >= 11 is 0. The Labute approximate surface area is 344 Å². The predicted octanol–water partition coefficient (Wildman–Crippen LogP) is 15.7. The molecule has 0 fully saturated rings. The van der Waals surface area contributed by atoms with E-state index in [-0.39, 0.29) is 10.8 Å². The summed E-state index contributed by atoms with van der Waals surface area (Å²) in [5, 5.41) is 7.35. The van der Waals surface area contributed by atoms with Gasteiger partial charge in [0.15, 0.2) is 0 Å². The lowest BCUT2D eigenvalue weighted by Crippen LogP contribution is -2.10. The van der Waals surface area contributed by atoms with Crippen molar-refractivity contribution in [1.82, 2.24) is 9.13 Å². The van der Waals surface area contributed by atoms with Crippen LogP contribution >= 0.6 is 0 Å². The largest absolute Gasteiger partial charge is 0.456 e. The SMILES string of the molecule is CC(C)(C)c1ccc2oc3ccc(-c4cccc(-n5c6ccc(-c7ccc8c(c7)c7ccccc7n8-c7ccccc7)cc6c6cc(C(C)(C)C)ccc65)c4)cc3c2c1. The summed E-state index contributed by atoms with van der Waals surface area (Å²) in [7, 11) is 0. The predicted molar refractivity (Wildman–Crippen MR) is 251 cm³/mol. The Bertz CT molecular complexity index is 3450. The van der Waals surface area contributed by atoms with Crippen molar-refractivity contribution in [3.63, 3.8) is 0 Å². The summed E-state index contributed by atoms with van der Waals surface area (Å²) in [4.78, 5) is 0. The van der Waals surface area contributed by atoms with E-state index in [4.69, 9.17) is 4.42 Å². The minimum absolute atomic E-state index is 0.0156. The van der Waals surface area contributed by atoms with Crippen LogP contribution in [-0.4, -0.2) is 9.13 Å². The Morgan fingerprint density at radius 3 is 1.44 bits per heavy atom. The molecule has 3 nitrogen and oxygen atoms in total. The highest BCUT2D eigenvalue weighted by atomic mass is 16.3. The number of nitrogens with zero attached hydrogens (tertiary/aromatic N) is 2. The van der Waals surface area contributed by atoms with E-state index in [0.29, 0.717) is 0 Å². The Hall–Kier alpha value is -6.84. The lowest BCUT2D eigenvalue weighted by molar-refractivity contribution is 0.590. The van der Waals surface area contributed by atoms with Crippen molar-refractivity contribution in [2.75, 3.05) is 0 Å². The fraction of sp³-hybridized carbons (Fsp3) is 0.143. The van der Waals surface area contributed by atoms with Gasteiger partial charge >= 0.3 is 0 Å². The number of rotatable bonds is 4. The quantitative estimate of drug-likeness (QED) is 0.175. The van der Waals surface area contributed by atoms with Gasteiger partial charge in [0.25, 0.3) is 0 Å². The van der Waals surface area contributed by atoms with Crippen molar-refractivity contribution in [2.24, 2.45) is 0 Å².